The smallest absolute Gasteiger partial charge is 0.127 e. The number of nitrogens with zero attached hydrogens (tertiary/aromatic N) is 1. The second-order valence-corrected chi connectivity index (χ2v) is 11.2. The summed E-state index contributed by atoms with van der Waals surface area (Å²) in [6.07, 6.45) is 0. The maximum absolute atomic E-state index is 5.83. The van der Waals surface area contributed by atoms with Crippen molar-refractivity contribution in [3.05, 3.63) is 0 Å². The van der Waals surface area contributed by atoms with Crippen LogP contribution in [0.5, 0.6) is 0 Å². The minimum absolute atomic E-state index is 0.366. The zero-order valence-corrected chi connectivity index (χ0v) is 12.5. The van der Waals surface area contributed by atoms with Crippen LogP contribution in [-0.4, -0.2) is 37.7 Å². The fourth-order valence-corrected chi connectivity index (χ4v) is 4.33. The Bertz CT molecular complexity index is 160. The van der Waals surface area contributed by atoms with Gasteiger partial charge in [-0.15, -0.1) is 23.2 Å². The van der Waals surface area contributed by atoms with Crippen LogP contribution >= 0.6 is 23.2 Å². The van der Waals surface area contributed by atoms with E-state index in [2.05, 4.69) is 38.4 Å². The predicted octanol–water partition coefficient (Wildman–Crippen LogP) is 3.77. The number of hydrogen-bond acceptors (Lipinski definition) is 1. The monoisotopic (exact) mass is 255 g/mol. The maximum Gasteiger partial charge on any atom is 0.127 e. The maximum atomic E-state index is 5.83. The predicted molar refractivity (Wildman–Crippen MR) is 70.2 cm³/mol. The van der Waals surface area contributed by atoms with Crippen LogP contribution in [0.2, 0.25) is 18.1 Å². The van der Waals surface area contributed by atoms with Crippen LogP contribution in [0.3, 0.4) is 0 Å². The van der Waals surface area contributed by atoms with E-state index in [0.29, 0.717) is 16.8 Å². The lowest BCUT2D eigenvalue weighted by molar-refractivity contribution is 0.440. The second-order valence-electron chi connectivity index (χ2n) is 5.17. The van der Waals surface area contributed by atoms with Crippen molar-refractivity contribution in [3.8, 4) is 0 Å². The molecule has 0 aliphatic rings. The van der Waals surface area contributed by atoms with E-state index < -0.39 is 8.24 Å². The summed E-state index contributed by atoms with van der Waals surface area (Å²) >= 11 is 11.7. The molecule has 1 nitrogen and oxygen atoms in total. The normalized spacial score (nSPS) is 13.7. The highest BCUT2D eigenvalue weighted by atomic mass is 35.5. The average molecular weight is 256 g/mol. The molecule has 0 fully saturated rings. The number of hydrogen-bond donors (Lipinski definition) is 0. The van der Waals surface area contributed by atoms with E-state index in [1.54, 1.807) is 0 Å². The highest BCUT2D eigenvalue weighted by Gasteiger charge is 2.40. The van der Waals surface area contributed by atoms with E-state index in [4.69, 9.17) is 23.2 Å². The van der Waals surface area contributed by atoms with Gasteiger partial charge in [0, 0.05) is 24.8 Å². The van der Waals surface area contributed by atoms with Gasteiger partial charge in [0.25, 0.3) is 0 Å². The molecule has 0 spiro atoms. The Morgan fingerprint density at radius 2 is 1.36 bits per heavy atom. The molecule has 14 heavy (non-hydrogen) atoms. The van der Waals surface area contributed by atoms with E-state index >= 15 is 0 Å². The minimum Gasteiger partial charge on any atom is -0.321 e. The Labute approximate surface area is 99.9 Å². The van der Waals surface area contributed by atoms with E-state index in [1.165, 1.54) is 0 Å². The van der Waals surface area contributed by atoms with E-state index in [9.17, 15) is 0 Å². The van der Waals surface area contributed by atoms with Gasteiger partial charge in [0.1, 0.15) is 8.24 Å². The van der Waals surface area contributed by atoms with E-state index in [-0.39, 0.29) is 0 Å². The summed E-state index contributed by atoms with van der Waals surface area (Å²) in [5.74, 6) is 1.40. The Morgan fingerprint density at radius 1 is 1.00 bits per heavy atom. The lowest BCUT2D eigenvalue weighted by Crippen LogP contribution is -2.56. The summed E-state index contributed by atoms with van der Waals surface area (Å²) < 4.78 is 2.51. The first-order chi connectivity index (χ1) is 6.27. The molecule has 4 heteroatoms. The van der Waals surface area contributed by atoms with E-state index in [1.807, 2.05) is 0 Å². The number of rotatable bonds is 5. The fourth-order valence-electron chi connectivity index (χ4n) is 1.35. The molecule has 0 rings (SSSR count). The zero-order chi connectivity index (χ0) is 11.4. The summed E-state index contributed by atoms with van der Waals surface area (Å²) in [6.45, 7) is 13.7. The topological polar surface area (TPSA) is 3.24 Å². The molecule has 0 atom stereocenters. The Kier molecular flexibility index (Phi) is 6.05. The van der Waals surface area contributed by atoms with Crippen LogP contribution in [-0.2, 0) is 0 Å². The molecule has 0 aliphatic heterocycles. The molecular weight excluding hydrogens is 233 g/mol. The SMILES string of the molecule is CC(C)(C)[Si](C)(C)N(CCCl)CCCl. The molecule has 86 valence electrons. The quantitative estimate of drug-likeness (QED) is 0.534. The lowest BCUT2D eigenvalue weighted by Gasteiger charge is -2.45. The third kappa shape index (κ3) is 3.73. The summed E-state index contributed by atoms with van der Waals surface area (Å²) in [5.41, 5.74) is 0. The lowest BCUT2D eigenvalue weighted by atomic mass is 10.2. The molecule has 0 aromatic rings. The molecule has 0 bridgehead atoms. The average Bonchev–Trinajstić information content (AvgIpc) is 2.02. The Morgan fingerprint density at radius 3 is 1.57 bits per heavy atom. The molecule has 0 N–H and O–H groups in total. The molecule has 0 radical (unpaired) electrons. The molecule has 0 amide bonds. The number of alkyl halides is 2. The van der Waals surface area contributed by atoms with Crippen LogP contribution in [0.1, 0.15) is 20.8 Å². The van der Waals surface area contributed by atoms with Gasteiger partial charge >= 0.3 is 0 Å². The van der Waals surface area contributed by atoms with Crippen molar-refractivity contribution in [1.82, 2.24) is 4.57 Å². The largest absolute Gasteiger partial charge is 0.321 e. The van der Waals surface area contributed by atoms with Gasteiger partial charge in [-0.1, -0.05) is 33.9 Å². The molecule has 0 unspecified atom stereocenters. The molecule has 0 aliphatic carbocycles. The van der Waals surface area contributed by atoms with Gasteiger partial charge in [0.05, 0.1) is 0 Å². The van der Waals surface area contributed by atoms with Gasteiger partial charge in [-0.05, 0) is 5.04 Å². The van der Waals surface area contributed by atoms with E-state index in [0.717, 1.165) is 13.1 Å². The second kappa shape index (κ2) is 5.74. The molecular formula is C10H23Cl2NSi. The van der Waals surface area contributed by atoms with Crippen molar-refractivity contribution in [2.24, 2.45) is 0 Å². The van der Waals surface area contributed by atoms with Crippen molar-refractivity contribution < 1.29 is 0 Å². The van der Waals surface area contributed by atoms with Crippen LogP contribution < -0.4 is 0 Å². The Balaban J connectivity index is 4.61. The van der Waals surface area contributed by atoms with Crippen LogP contribution in [0.15, 0.2) is 0 Å². The van der Waals surface area contributed by atoms with Gasteiger partial charge in [-0.3, -0.25) is 0 Å². The molecule has 0 aromatic carbocycles. The van der Waals surface area contributed by atoms with Crippen LogP contribution in [0.4, 0.5) is 0 Å². The van der Waals surface area contributed by atoms with Crippen molar-refractivity contribution in [3.63, 3.8) is 0 Å². The van der Waals surface area contributed by atoms with Crippen LogP contribution in [0, 0.1) is 0 Å². The summed E-state index contributed by atoms with van der Waals surface area (Å²) in [7, 11) is -1.41. The van der Waals surface area contributed by atoms with Crippen molar-refractivity contribution in [1.29, 1.82) is 0 Å². The van der Waals surface area contributed by atoms with Crippen LogP contribution in [0.25, 0.3) is 0 Å². The zero-order valence-electron chi connectivity index (χ0n) is 10.0. The summed E-state index contributed by atoms with van der Waals surface area (Å²) in [6, 6.07) is 0. The van der Waals surface area contributed by atoms with Gasteiger partial charge in [-0.2, -0.15) is 0 Å². The third-order valence-electron chi connectivity index (χ3n) is 3.33. The first-order valence-corrected chi connectivity index (χ1v) is 9.16. The number of halogens is 2. The van der Waals surface area contributed by atoms with Gasteiger partial charge in [0.2, 0.25) is 0 Å². The molecule has 0 aromatic heterocycles. The fraction of sp³-hybridized carbons (Fsp3) is 1.00. The molecule has 0 heterocycles. The standard InChI is InChI=1S/C10H23Cl2NSi/c1-10(2,3)14(4,5)13(8-6-11)9-7-12/h6-9H2,1-5H3. The third-order valence-corrected chi connectivity index (χ3v) is 9.37. The first kappa shape index (κ1) is 14.8. The van der Waals surface area contributed by atoms with Gasteiger partial charge < -0.3 is 4.57 Å². The van der Waals surface area contributed by atoms with Gasteiger partial charge in [0.15, 0.2) is 0 Å². The van der Waals surface area contributed by atoms with Crippen molar-refractivity contribution in [2.45, 2.75) is 38.9 Å². The highest BCUT2D eigenvalue weighted by Crippen LogP contribution is 2.38. The molecule has 0 saturated carbocycles. The first-order valence-electron chi connectivity index (χ1n) is 5.14. The Hall–Kier alpha value is 0.757. The highest BCUT2D eigenvalue weighted by molar-refractivity contribution is 6.77. The summed E-state index contributed by atoms with van der Waals surface area (Å²) in [5, 5.41) is 0.366. The van der Waals surface area contributed by atoms with Gasteiger partial charge in [-0.25, -0.2) is 0 Å². The van der Waals surface area contributed by atoms with Crippen molar-refractivity contribution in [2.75, 3.05) is 24.8 Å². The minimum atomic E-state index is -1.41. The molecule has 0 saturated heterocycles. The summed E-state index contributed by atoms with van der Waals surface area (Å²) in [4.78, 5) is 0. The van der Waals surface area contributed by atoms with Crippen molar-refractivity contribution >= 4 is 31.4 Å².